The minimum absolute atomic E-state index is 0. The molecule has 0 aromatic carbocycles. The van der Waals surface area contributed by atoms with E-state index in [0.717, 1.165) is 6.07 Å². The van der Waals surface area contributed by atoms with Gasteiger partial charge in [0.2, 0.25) is 0 Å². The van der Waals surface area contributed by atoms with Crippen LogP contribution >= 0.6 is 0 Å². The SMILES string of the molecule is O=S(=O)([O-])c1ccccn1.[Li+]. The molecule has 0 amide bonds. The molecule has 0 spiro atoms. The third kappa shape index (κ3) is 3.04. The van der Waals surface area contributed by atoms with Crippen LogP contribution in [-0.2, 0) is 10.1 Å². The van der Waals surface area contributed by atoms with Crippen molar-refractivity contribution in [2.24, 2.45) is 0 Å². The van der Waals surface area contributed by atoms with Crippen LogP contribution in [0.3, 0.4) is 0 Å². The zero-order valence-electron chi connectivity index (χ0n) is 5.89. The molecule has 0 saturated carbocycles. The molecule has 54 valence electrons. The van der Waals surface area contributed by atoms with E-state index in [1.807, 2.05) is 0 Å². The van der Waals surface area contributed by atoms with Crippen LogP contribution in [0.5, 0.6) is 0 Å². The zero-order chi connectivity index (χ0) is 7.61. The third-order valence-electron chi connectivity index (χ3n) is 0.894. The Bertz CT molecular complexity index is 310. The fraction of sp³-hybridized carbons (Fsp3) is 0. The number of rotatable bonds is 1. The number of hydrogen-bond donors (Lipinski definition) is 0. The van der Waals surface area contributed by atoms with Gasteiger partial charge < -0.3 is 4.55 Å². The van der Waals surface area contributed by atoms with Crippen LogP contribution in [0.25, 0.3) is 0 Å². The fourth-order valence-electron chi connectivity index (χ4n) is 0.495. The topological polar surface area (TPSA) is 70.1 Å². The summed E-state index contributed by atoms with van der Waals surface area (Å²) in [6.07, 6.45) is 1.25. The van der Waals surface area contributed by atoms with Crippen molar-refractivity contribution in [3.63, 3.8) is 0 Å². The molecule has 0 aliphatic heterocycles. The molecule has 4 nitrogen and oxygen atoms in total. The van der Waals surface area contributed by atoms with Gasteiger partial charge in [0, 0.05) is 6.20 Å². The molecule has 1 aromatic heterocycles. The van der Waals surface area contributed by atoms with Crippen LogP contribution in [-0.4, -0.2) is 18.0 Å². The van der Waals surface area contributed by atoms with E-state index in [4.69, 9.17) is 0 Å². The van der Waals surface area contributed by atoms with E-state index < -0.39 is 15.1 Å². The predicted octanol–water partition coefficient (Wildman–Crippen LogP) is -3.01. The second-order valence-corrected chi connectivity index (χ2v) is 2.95. The summed E-state index contributed by atoms with van der Waals surface area (Å²) >= 11 is 0. The Hall–Kier alpha value is -0.343. The molecule has 1 heterocycles. The van der Waals surface area contributed by atoms with Crippen molar-refractivity contribution in [1.29, 1.82) is 0 Å². The predicted molar refractivity (Wildman–Crippen MR) is 32.2 cm³/mol. The summed E-state index contributed by atoms with van der Waals surface area (Å²) < 4.78 is 30.6. The molecule has 0 unspecified atom stereocenters. The van der Waals surface area contributed by atoms with Gasteiger partial charge in [-0.1, -0.05) is 6.07 Å². The summed E-state index contributed by atoms with van der Waals surface area (Å²) in [7, 11) is -4.36. The quantitative estimate of drug-likeness (QED) is 0.328. The second kappa shape index (κ2) is 3.88. The Labute approximate surface area is 76.6 Å². The third-order valence-corrected chi connectivity index (χ3v) is 1.65. The molecule has 0 aliphatic carbocycles. The van der Waals surface area contributed by atoms with Crippen molar-refractivity contribution in [1.82, 2.24) is 4.98 Å². The molecule has 0 atom stereocenters. The fourth-order valence-corrected chi connectivity index (χ4v) is 0.930. The van der Waals surface area contributed by atoms with E-state index in [-0.39, 0.29) is 18.9 Å². The van der Waals surface area contributed by atoms with Gasteiger partial charge in [-0.25, -0.2) is 13.4 Å². The van der Waals surface area contributed by atoms with Crippen LogP contribution in [0.2, 0.25) is 0 Å². The molecule has 0 radical (unpaired) electrons. The van der Waals surface area contributed by atoms with E-state index in [2.05, 4.69) is 4.98 Å². The van der Waals surface area contributed by atoms with Gasteiger partial charge in [0.05, 0.1) is 0 Å². The number of hydrogen-bond acceptors (Lipinski definition) is 4. The van der Waals surface area contributed by atoms with Gasteiger partial charge in [-0.2, -0.15) is 0 Å². The van der Waals surface area contributed by atoms with Crippen LogP contribution in [0.4, 0.5) is 0 Å². The minimum atomic E-state index is -4.36. The molecule has 1 aromatic rings. The van der Waals surface area contributed by atoms with Gasteiger partial charge in [-0.05, 0) is 12.1 Å². The molecule has 0 bridgehead atoms. The first-order chi connectivity index (χ1) is 4.61. The number of pyridine rings is 1. The summed E-state index contributed by atoms with van der Waals surface area (Å²) in [4.78, 5) is 3.35. The van der Waals surface area contributed by atoms with Gasteiger partial charge >= 0.3 is 18.9 Å². The first-order valence-electron chi connectivity index (χ1n) is 2.47. The van der Waals surface area contributed by atoms with Crippen LogP contribution < -0.4 is 18.9 Å². The van der Waals surface area contributed by atoms with E-state index in [9.17, 15) is 13.0 Å². The monoisotopic (exact) mass is 165 g/mol. The number of aromatic nitrogens is 1. The number of nitrogens with zero attached hydrogens (tertiary/aromatic N) is 1. The van der Waals surface area contributed by atoms with Gasteiger partial charge in [0.15, 0.2) is 0 Å². The van der Waals surface area contributed by atoms with Crippen molar-refractivity contribution >= 4 is 10.1 Å². The van der Waals surface area contributed by atoms with Crippen molar-refractivity contribution in [3.05, 3.63) is 24.4 Å². The van der Waals surface area contributed by atoms with E-state index in [1.54, 1.807) is 0 Å². The summed E-state index contributed by atoms with van der Waals surface area (Å²) in [5.74, 6) is 0. The minimum Gasteiger partial charge on any atom is -0.743 e. The van der Waals surface area contributed by atoms with Crippen molar-refractivity contribution in [2.45, 2.75) is 5.03 Å². The van der Waals surface area contributed by atoms with Crippen LogP contribution in [0.1, 0.15) is 0 Å². The first-order valence-corrected chi connectivity index (χ1v) is 3.88. The summed E-state index contributed by atoms with van der Waals surface area (Å²) in [6, 6.07) is 4.13. The summed E-state index contributed by atoms with van der Waals surface area (Å²) in [5, 5.41) is -0.435. The maximum Gasteiger partial charge on any atom is 1.00 e. The Kier molecular flexibility index (Phi) is 3.76. The van der Waals surface area contributed by atoms with Gasteiger partial charge in [0.25, 0.3) is 0 Å². The normalized spacial score (nSPS) is 10.3. The Balaban J connectivity index is 0.000001000. The maximum atomic E-state index is 10.2. The van der Waals surface area contributed by atoms with E-state index in [0.29, 0.717) is 0 Å². The molecule has 0 fully saturated rings. The Morgan fingerprint density at radius 2 is 2.00 bits per heavy atom. The van der Waals surface area contributed by atoms with Crippen LogP contribution in [0, 0.1) is 0 Å². The Morgan fingerprint density at radius 1 is 1.36 bits per heavy atom. The molecule has 11 heavy (non-hydrogen) atoms. The maximum absolute atomic E-state index is 10.2. The van der Waals surface area contributed by atoms with Gasteiger partial charge in [-0.15, -0.1) is 0 Å². The molecular formula is C5H4LiNO3S. The second-order valence-electron chi connectivity index (χ2n) is 1.62. The van der Waals surface area contributed by atoms with Crippen molar-refractivity contribution in [3.8, 4) is 0 Å². The first kappa shape index (κ1) is 10.7. The molecule has 1 rings (SSSR count). The van der Waals surface area contributed by atoms with Crippen molar-refractivity contribution < 1.29 is 31.8 Å². The molecule has 0 saturated heterocycles. The molecule has 0 N–H and O–H groups in total. The van der Waals surface area contributed by atoms with E-state index >= 15 is 0 Å². The van der Waals surface area contributed by atoms with Gasteiger partial charge in [-0.3, -0.25) is 0 Å². The smallest absolute Gasteiger partial charge is 0.743 e. The average Bonchev–Trinajstić information content (AvgIpc) is 1.88. The van der Waals surface area contributed by atoms with Crippen molar-refractivity contribution in [2.75, 3.05) is 0 Å². The standard InChI is InChI=1S/C5H5NO3S.Li/c7-10(8,9)5-3-1-2-4-6-5;/h1-4H,(H,7,8,9);/q;+1/p-1. The summed E-state index contributed by atoms with van der Waals surface area (Å²) in [5.41, 5.74) is 0. The van der Waals surface area contributed by atoms with Crippen LogP contribution in [0.15, 0.2) is 29.4 Å². The Morgan fingerprint density at radius 3 is 2.27 bits per heavy atom. The summed E-state index contributed by atoms with van der Waals surface area (Å²) in [6.45, 7) is 0. The van der Waals surface area contributed by atoms with Gasteiger partial charge in [0.1, 0.15) is 15.1 Å². The molecule has 0 aliphatic rings. The average molecular weight is 165 g/mol. The molecular weight excluding hydrogens is 161 g/mol. The largest absolute Gasteiger partial charge is 1.00 e. The molecule has 6 heteroatoms. The zero-order valence-corrected chi connectivity index (χ0v) is 6.71. The van der Waals surface area contributed by atoms with E-state index in [1.165, 1.54) is 18.3 Å².